The zero-order chi connectivity index (χ0) is 12.1. The second kappa shape index (κ2) is 5.75. The van der Waals surface area contributed by atoms with Gasteiger partial charge in [-0.15, -0.1) is 0 Å². The first kappa shape index (κ1) is 12.8. The number of methoxy groups -OCH3 is 2. The molecule has 0 bridgehead atoms. The number of hydrogen-bond donors (Lipinski definition) is 1. The van der Waals surface area contributed by atoms with Crippen LogP contribution in [0, 0.1) is 0 Å². The second-order valence-corrected chi connectivity index (χ2v) is 3.97. The highest BCUT2D eigenvalue weighted by Crippen LogP contribution is 2.34. The molecule has 16 heavy (non-hydrogen) atoms. The average Bonchev–Trinajstić information content (AvgIpc) is 2.27. The molecule has 3 nitrogen and oxygen atoms in total. The fourth-order valence-electron chi connectivity index (χ4n) is 1.91. The molecular formula is C13H21NO2. The Bertz CT molecular complexity index is 348. The summed E-state index contributed by atoms with van der Waals surface area (Å²) in [6, 6.07) is 4.15. The molecule has 1 rings (SSSR count). The summed E-state index contributed by atoms with van der Waals surface area (Å²) in [4.78, 5) is 0. The maximum Gasteiger partial charge on any atom is 0.164 e. The highest BCUT2D eigenvalue weighted by molar-refractivity contribution is 5.51. The molecule has 0 saturated heterocycles. The van der Waals surface area contributed by atoms with Gasteiger partial charge in [0.05, 0.1) is 14.2 Å². The molecule has 0 fully saturated rings. The molecule has 0 spiro atoms. The Morgan fingerprint density at radius 1 is 1.25 bits per heavy atom. The van der Waals surface area contributed by atoms with Crippen LogP contribution in [0.3, 0.4) is 0 Å². The van der Waals surface area contributed by atoms with E-state index in [2.05, 4.69) is 13.0 Å². The molecule has 1 unspecified atom stereocenters. The first-order valence-electron chi connectivity index (χ1n) is 5.62. The van der Waals surface area contributed by atoms with Crippen molar-refractivity contribution in [1.29, 1.82) is 0 Å². The Balaban J connectivity index is 3.25. The Morgan fingerprint density at radius 3 is 2.38 bits per heavy atom. The van der Waals surface area contributed by atoms with Gasteiger partial charge in [-0.05, 0) is 31.4 Å². The highest BCUT2D eigenvalue weighted by atomic mass is 16.5. The molecule has 3 heteroatoms. The average molecular weight is 223 g/mol. The number of rotatable bonds is 5. The molecule has 1 aromatic rings. The molecule has 1 aromatic carbocycles. The van der Waals surface area contributed by atoms with E-state index >= 15 is 0 Å². The number of hydrogen-bond acceptors (Lipinski definition) is 3. The minimum absolute atomic E-state index is 0.117. The van der Waals surface area contributed by atoms with Crippen LogP contribution in [-0.4, -0.2) is 20.3 Å². The molecule has 90 valence electrons. The zero-order valence-corrected chi connectivity index (χ0v) is 10.5. The Morgan fingerprint density at radius 2 is 1.94 bits per heavy atom. The molecule has 2 N–H and O–H groups in total. The predicted octanol–water partition coefficient (Wildman–Crippen LogP) is 2.16. The third-order valence-electron chi connectivity index (χ3n) is 2.65. The first-order valence-corrected chi connectivity index (χ1v) is 5.62. The van der Waals surface area contributed by atoms with Crippen LogP contribution in [-0.2, 0) is 12.8 Å². The molecule has 0 heterocycles. The first-order chi connectivity index (χ1) is 7.63. The van der Waals surface area contributed by atoms with E-state index in [0.717, 1.165) is 24.3 Å². The lowest BCUT2D eigenvalue weighted by Gasteiger charge is -2.17. The zero-order valence-electron chi connectivity index (χ0n) is 10.5. The maximum absolute atomic E-state index is 5.87. The number of nitrogens with two attached hydrogens (primary N) is 1. The van der Waals surface area contributed by atoms with E-state index in [-0.39, 0.29) is 6.04 Å². The van der Waals surface area contributed by atoms with E-state index in [4.69, 9.17) is 15.2 Å². The molecule has 0 aliphatic rings. The molecule has 0 aromatic heterocycles. The van der Waals surface area contributed by atoms with Crippen LogP contribution in [0.5, 0.6) is 11.5 Å². The largest absolute Gasteiger partial charge is 0.493 e. The lowest BCUT2D eigenvalue weighted by molar-refractivity contribution is 0.350. The van der Waals surface area contributed by atoms with E-state index in [9.17, 15) is 0 Å². The van der Waals surface area contributed by atoms with Crippen molar-refractivity contribution in [2.45, 2.75) is 32.7 Å². The van der Waals surface area contributed by atoms with Crippen LogP contribution in [0.25, 0.3) is 0 Å². The van der Waals surface area contributed by atoms with Gasteiger partial charge in [-0.2, -0.15) is 0 Å². The second-order valence-electron chi connectivity index (χ2n) is 3.97. The Labute approximate surface area is 97.6 Å². The number of benzene rings is 1. The fraction of sp³-hybridized carbons (Fsp3) is 0.538. The van der Waals surface area contributed by atoms with Crippen molar-refractivity contribution < 1.29 is 9.47 Å². The van der Waals surface area contributed by atoms with Gasteiger partial charge >= 0.3 is 0 Å². The van der Waals surface area contributed by atoms with Crippen LogP contribution < -0.4 is 15.2 Å². The summed E-state index contributed by atoms with van der Waals surface area (Å²) in [6.45, 7) is 4.13. The third kappa shape index (κ3) is 2.67. The molecule has 0 saturated carbocycles. The van der Waals surface area contributed by atoms with E-state index in [1.54, 1.807) is 14.2 Å². The van der Waals surface area contributed by atoms with Crippen LogP contribution >= 0.6 is 0 Å². The molecule has 0 radical (unpaired) electrons. The summed E-state index contributed by atoms with van der Waals surface area (Å²) in [5, 5.41) is 0. The summed E-state index contributed by atoms with van der Waals surface area (Å²) in [5.74, 6) is 1.59. The molecule has 0 amide bonds. The van der Waals surface area contributed by atoms with Crippen molar-refractivity contribution in [3.8, 4) is 11.5 Å². The van der Waals surface area contributed by atoms with Crippen molar-refractivity contribution in [3.63, 3.8) is 0 Å². The van der Waals surface area contributed by atoms with Gasteiger partial charge in [0, 0.05) is 11.6 Å². The fourth-order valence-corrected chi connectivity index (χ4v) is 1.91. The van der Waals surface area contributed by atoms with E-state index in [0.29, 0.717) is 0 Å². The maximum atomic E-state index is 5.87. The summed E-state index contributed by atoms with van der Waals surface area (Å²) >= 11 is 0. The molecule has 0 aliphatic carbocycles. The van der Waals surface area contributed by atoms with Gasteiger partial charge < -0.3 is 15.2 Å². The molecule has 1 atom stereocenters. The van der Waals surface area contributed by atoms with Crippen molar-refractivity contribution >= 4 is 0 Å². The minimum Gasteiger partial charge on any atom is -0.493 e. The Hall–Kier alpha value is -1.22. The summed E-state index contributed by atoms with van der Waals surface area (Å²) in [6.07, 6.45) is 1.78. The van der Waals surface area contributed by atoms with Crippen LogP contribution in [0.4, 0.5) is 0 Å². The predicted molar refractivity (Wildman–Crippen MR) is 66.3 cm³/mol. The summed E-state index contributed by atoms with van der Waals surface area (Å²) in [7, 11) is 3.32. The van der Waals surface area contributed by atoms with Crippen molar-refractivity contribution in [2.75, 3.05) is 14.2 Å². The number of aryl methyl sites for hydroxylation is 1. The summed E-state index contributed by atoms with van der Waals surface area (Å²) < 4.78 is 10.7. The highest BCUT2D eigenvalue weighted by Gasteiger charge is 2.14. The van der Waals surface area contributed by atoms with Gasteiger partial charge in [-0.1, -0.05) is 13.0 Å². The Kier molecular flexibility index (Phi) is 4.62. The lowest BCUT2D eigenvalue weighted by Crippen LogP contribution is -2.19. The van der Waals surface area contributed by atoms with Crippen LogP contribution in [0.15, 0.2) is 12.1 Å². The van der Waals surface area contributed by atoms with Gasteiger partial charge in [-0.25, -0.2) is 0 Å². The van der Waals surface area contributed by atoms with E-state index < -0.39 is 0 Å². The van der Waals surface area contributed by atoms with E-state index in [1.165, 1.54) is 11.1 Å². The van der Waals surface area contributed by atoms with Gasteiger partial charge in [0.15, 0.2) is 11.5 Å². The van der Waals surface area contributed by atoms with Crippen molar-refractivity contribution in [2.24, 2.45) is 5.73 Å². The monoisotopic (exact) mass is 223 g/mol. The SMILES string of the molecule is CCc1ccc(OC)c(OC)c1CC(C)N. The molecular weight excluding hydrogens is 202 g/mol. The smallest absolute Gasteiger partial charge is 0.164 e. The van der Waals surface area contributed by atoms with E-state index in [1.807, 2.05) is 13.0 Å². The van der Waals surface area contributed by atoms with Crippen molar-refractivity contribution in [3.05, 3.63) is 23.3 Å². The minimum atomic E-state index is 0.117. The topological polar surface area (TPSA) is 44.5 Å². The number of ether oxygens (including phenoxy) is 2. The quantitative estimate of drug-likeness (QED) is 0.832. The van der Waals surface area contributed by atoms with Gasteiger partial charge in [-0.3, -0.25) is 0 Å². The molecule has 0 aliphatic heterocycles. The van der Waals surface area contributed by atoms with Crippen LogP contribution in [0.2, 0.25) is 0 Å². The normalized spacial score (nSPS) is 12.3. The third-order valence-corrected chi connectivity index (χ3v) is 2.65. The lowest BCUT2D eigenvalue weighted by atomic mass is 9.98. The van der Waals surface area contributed by atoms with Gasteiger partial charge in [0.1, 0.15) is 0 Å². The summed E-state index contributed by atoms with van der Waals surface area (Å²) in [5.41, 5.74) is 8.31. The van der Waals surface area contributed by atoms with Crippen LogP contribution in [0.1, 0.15) is 25.0 Å². The van der Waals surface area contributed by atoms with Gasteiger partial charge in [0.2, 0.25) is 0 Å². The van der Waals surface area contributed by atoms with Gasteiger partial charge in [0.25, 0.3) is 0 Å². The van der Waals surface area contributed by atoms with Crippen molar-refractivity contribution in [1.82, 2.24) is 0 Å². The standard InChI is InChI=1S/C13H21NO2/c1-5-10-6-7-12(15-3)13(16-4)11(10)8-9(2)14/h6-7,9H,5,8,14H2,1-4H3.